The number of halogens is 4. The Balaban J connectivity index is 2.17. The van der Waals surface area contributed by atoms with Gasteiger partial charge in [0.25, 0.3) is 10.0 Å². The molecule has 0 aliphatic heterocycles. The van der Waals surface area contributed by atoms with Crippen LogP contribution in [-0.2, 0) is 32.3 Å². The van der Waals surface area contributed by atoms with Crippen molar-refractivity contribution in [1.82, 2.24) is 10.2 Å². The van der Waals surface area contributed by atoms with Crippen LogP contribution in [0.4, 0.5) is 18.9 Å². The van der Waals surface area contributed by atoms with Crippen LogP contribution in [0.15, 0.2) is 71.6 Å². The first-order valence-electron chi connectivity index (χ1n) is 14.0. The van der Waals surface area contributed by atoms with Gasteiger partial charge in [-0.1, -0.05) is 66.0 Å². The van der Waals surface area contributed by atoms with E-state index >= 15 is 0 Å². The van der Waals surface area contributed by atoms with Gasteiger partial charge in [-0.3, -0.25) is 13.9 Å². The summed E-state index contributed by atoms with van der Waals surface area (Å²) in [6.07, 6.45) is -4.69. The van der Waals surface area contributed by atoms with Gasteiger partial charge in [-0.05, 0) is 76.9 Å². The summed E-state index contributed by atoms with van der Waals surface area (Å²) in [4.78, 5) is 28.6. The Hall–Kier alpha value is -3.57. The molecule has 3 aromatic carbocycles. The number of rotatable bonds is 10. The number of aryl methyl sites for hydroxylation is 2. The highest BCUT2D eigenvalue weighted by Gasteiger charge is 2.37. The summed E-state index contributed by atoms with van der Waals surface area (Å²) >= 11 is 5.83. The van der Waals surface area contributed by atoms with Crippen molar-refractivity contribution < 1.29 is 31.2 Å². The fourth-order valence-corrected chi connectivity index (χ4v) is 6.26. The number of amides is 2. The molecular formula is C32H37ClF3N3O4S. The third kappa shape index (κ3) is 8.75. The zero-order valence-corrected chi connectivity index (χ0v) is 27.1. The van der Waals surface area contributed by atoms with E-state index in [4.69, 9.17) is 11.6 Å². The van der Waals surface area contributed by atoms with Crippen LogP contribution in [0.1, 0.15) is 56.4 Å². The minimum atomic E-state index is -4.88. The normalized spacial score (nSPS) is 12.9. The highest BCUT2D eigenvalue weighted by molar-refractivity contribution is 7.92. The molecule has 0 saturated heterocycles. The maximum absolute atomic E-state index is 14.2. The molecule has 2 amide bonds. The quantitative estimate of drug-likeness (QED) is 0.259. The van der Waals surface area contributed by atoms with Gasteiger partial charge in [0.05, 0.1) is 21.2 Å². The molecule has 3 aromatic rings. The van der Waals surface area contributed by atoms with Crippen molar-refractivity contribution in [2.24, 2.45) is 0 Å². The van der Waals surface area contributed by atoms with Gasteiger partial charge in [0.15, 0.2) is 0 Å². The van der Waals surface area contributed by atoms with Crippen molar-refractivity contribution in [3.05, 3.63) is 94.0 Å². The number of hydrogen-bond acceptors (Lipinski definition) is 4. The second-order valence-corrected chi connectivity index (χ2v) is 13.9. The molecule has 0 saturated carbocycles. The maximum atomic E-state index is 14.2. The molecule has 3 rings (SSSR count). The third-order valence-electron chi connectivity index (χ3n) is 6.75. The van der Waals surface area contributed by atoms with Crippen LogP contribution in [-0.4, -0.2) is 43.3 Å². The molecule has 0 unspecified atom stereocenters. The summed E-state index contributed by atoms with van der Waals surface area (Å²) in [6.45, 7) is 9.80. The lowest BCUT2D eigenvalue weighted by Crippen LogP contribution is -2.55. The van der Waals surface area contributed by atoms with Crippen LogP contribution in [0.25, 0.3) is 0 Å². The maximum Gasteiger partial charge on any atom is 0.417 e. The SMILES string of the molecule is CC[C@@H](C(=O)NC(C)(C)C)N(Cc1cccc(C)c1)C(=O)CN(c1ccc(Cl)c(C(F)(F)F)c1)S(=O)(=O)c1ccc(C)cc1. The van der Waals surface area contributed by atoms with E-state index in [1.165, 1.54) is 17.0 Å². The Morgan fingerprint density at radius 1 is 0.932 bits per heavy atom. The van der Waals surface area contributed by atoms with E-state index < -0.39 is 62.4 Å². The number of alkyl halides is 3. The number of sulfonamides is 1. The van der Waals surface area contributed by atoms with Gasteiger partial charge in [0.1, 0.15) is 12.6 Å². The second-order valence-electron chi connectivity index (χ2n) is 11.7. The summed E-state index contributed by atoms with van der Waals surface area (Å²) in [7, 11) is -4.56. The summed E-state index contributed by atoms with van der Waals surface area (Å²) in [5.74, 6) is -1.22. The van der Waals surface area contributed by atoms with E-state index in [0.29, 0.717) is 15.9 Å². The Bertz CT molecular complexity index is 1600. The first-order chi connectivity index (χ1) is 20.3. The molecule has 1 N–H and O–H groups in total. The Kier molecular flexibility index (Phi) is 10.8. The van der Waals surface area contributed by atoms with Crippen LogP contribution >= 0.6 is 11.6 Å². The van der Waals surface area contributed by atoms with Crippen LogP contribution in [0.5, 0.6) is 0 Å². The van der Waals surface area contributed by atoms with Crippen molar-refractivity contribution in [1.29, 1.82) is 0 Å². The molecule has 44 heavy (non-hydrogen) atoms. The minimum Gasteiger partial charge on any atom is -0.350 e. The lowest BCUT2D eigenvalue weighted by atomic mass is 10.0. The Morgan fingerprint density at radius 3 is 2.11 bits per heavy atom. The zero-order chi connectivity index (χ0) is 33.0. The molecule has 0 bridgehead atoms. The molecule has 0 heterocycles. The molecule has 12 heteroatoms. The number of carbonyl (C=O) groups excluding carboxylic acids is 2. The van der Waals surface area contributed by atoms with Crippen LogP contribution in [0.3, 0.4) is 0 Å². The van der Waals surface area contributed by atoms with Crippen LogP contribution in [0, 0.1) is 13.8 Å². The zero-order valence-electron chi connectivity index (χ0n) is 25.5. The highest BCUT2D eigenvalue weighted by atomic mass is 35.5. The monoisotopic (exact) mass is 651 g/mol. The summed E-state index contributed by atoms with van der Waals surface area (Å²) in [5.41, 5.74) is 0.0861. The first kappa shape index (κ1) is 34.9. The van der Waals surface area contributed by atoms with Gasteiger partial charge < -0.3 is 10.2 Å². The fraction of sp³-hybridized carbons (Fsp3) is 0.375. The molecule has 0 aliphatic carbocycles. The van der Waals surface area contributed by atoms with Crippen LogP contribution < -0.4 is 9.62 Å². The average molecular weight is 652 g/mol. The van der Waals surface area contributed by atoms with Gasteiger partial charge in [-0.15, -0.1) is 0 Å². The van der Waals surface area contributed by atoms with Gasteiger partial charge in [0.2, 0.25) is 11.8 Å². The van der Waals surface area contributed by atoms with Crippen LogP contribution in [0.2, 0.25) is 5.02 Å². The molecule has 0 aliphatic rings. The number of anilines is 1. The molecule has 0 spiro atoms. The van der Waals surface area contributed by atoms with Crippen molar-refractivity contribution in [2.75, 3.05) is 10.8 Å². The topological polar surface area (TPSA) is 86.8 Å². The lowest BCUT2D eigenvalue weighted by molar-refractivity contribution is -0.141. The number of carbonyl (C=O) groups is 2. The fourth-order valence-electron chi connectivity index (χ4n) is 4.63. The van der Waals surface area contributed by atoms with Gasteiger partial charge in [0, 0.05) is 12.1 Å². The number of nitrogens with zero attached hydrogens (tertiary/aromatic N) is 2. The molecule has 0 fully saturated rings. The van der Waals surface area contributed by atoms with E-state index in [2.05, 4.69) is 5.32 Å². The van der Waals surface area contributed by atoms with Gasteiger partial charge in [-0.2, -0.15) is 13.2 Å². The smallest absolute Gasteiger partial charge is 0.350 e. The van der Waals surface area contributed by atoms with E-state index in [1.54, 1.807) is 58.9 Å². The number of benzene rings is 3. The number of hydrogen-bond donors (Lipinski definition) is 1. The molecule has 238 valence electrons. The van der Waals surface area contributed by atoms with Crippen molar-refractivity contribution >= 4 is 39.1 Å². The average Bonchev–Trinajstić information content (AvgIpc) is 2.90. The Labute approximate surface area is 262 Å². The lowest BCUT2D eigenvalue weighted by Gasteiger charge is -2.35. The molecule has 7 nitrogen and oxygen atoms in total. The predicted molar refractivity (Wildman–Crippen MR) is 166 cm³/mol. The second kappa shape index (κ2) is 13.6. The largest absolute Gasteiger partial charge is 0.417 e. The minimum absolute atomic E-state index is 0.0383. The van der Waals surface area contributed by atoms with E-state index in [0.717, 1.165) is 23.3 Å². The molecular weight excluding hydrogens is 615 g/mol. The summed E-state index contributed by atoms with van der Waals surface area (Å²) < 4.78 is 70.1. The molecule has 0 radical (unpaired) electrons. The third-order valence-corrected chi connectivity index (χ3v) is 8.87. The standard InChI is InChI=1S/C32H37ClF3N3O4S/c1-7-28(30(41)37-31(4,5)6)38(19-23-10-8-9-22(3)17-23)29(40)20-39(44(42,43)25-14-11-21(2)12-15-25)24-13-16-27(33)26(18-24)32(34,35)36/h8-18,28H,7,19-20H2,1-6H3,(H,37,41)/t28-/m0/s1. The van der Waals surface area contributed by atoms with Crippen molar-refractivity contribution in [3.8, 4) is 0 Å². The van der Waals surface area contributed by atoms with Crippen molar-refractivity contribution in [2.45, 2.75) is 77.2 Å². The predicted octanol–water partition coefficient (Wildman–Crippen LogP) is 6.89. The first-order valence-corrected chi connectivity index (χ1v) is 15.8. The van der Waals surface area contributed by atoms with E-state index in [1.807, 2.05) is 19.1 Å². The summed E-state index contributed by atoms with van der Waals surface area (Å²) in [6, 6.07) is 14.7. The molecule has 0 aromatic heterocycles. The highest BCUT2D eigenvalue weighted by Crippen LogP contribution is 2.38. The summed E-state index contributed by atoms with van der Waals surface area (Å²) in [5, 5.41) is 2.26. The molecule has 1 atom stereocenters. The van der Waals surface area contributed by atoms with E-state index in [-0.39, 0.29) is 17.9 Å². The Morgan fingerprint density at radius 2 is 1.57 bits per heavy atom. The van der Waals surface area contributed by atoms with Gasteiger partial charge >= 0.3 is 6.18 Å². The number of nitrogens with one attached hydrogen (secondary N) is 1. The van der Waals surface area contributed by atoms with Crippen molar-refractivity contribution in [3.63, 3.8) is 0 Å². The van der Waals surface area contributed by atoms with Gasteiger partial charge in [-0.25, -0.2) is 8.42 Å². The van der Waals surface area contributed by atoms with E-state index in [9.17, 15) is 31.2 Å².